The van der Waals surface area contributed by atoms with Gasteiger partial charge in [0, 0.05) is 12.5 Å². The van der Waals surface area contributed by atoms with Gasteiger partial charge in [0.25, 0.3) is 0 Å². The molecule has 0 radical (unpaired) electrons. The fraction of sp³-hybridized carbons (Fsp3) is 0.600. The van der Waals surface area contributed by atoms with E-state index in [9.17, 15) is 4.79 Å². The van der Waals surface area contributed by atoms with Gasteiger partial charge in [-0.15, -0.1) is 0 Å². The van der Waals surface area contributed by atoms with Crippen molar-refractivity contribution in [2.45, 2.75) is 38.9 Å². The molecule has 0 amide bonds. The standard InChI is InChI=1S/C15H21ClN2O3/c1-15(2,3)21-14(19)13(10-6-7-17-8-10)20-11-4-5-12(16)18-9-11/h4-5,9-10,13,17H,6-8H2,1-3H3. The van der Waals surface area contributed by atoms with Gasteiger partial charge in [-0.05, 0) is 45.9 Å². The minimum Gasteiger partial charge on any atom is -0.477 e. The highest BCUT2D eigenvalue weighted by Crippen LogP contribution is 2.23. The van der Waals surface area contributed by atoms with Crippen molar-refractivity contribution in [3.63, 3.8) is 0 Å². The van der Waals surface area contributed by atoms with Gasteiger partial charge in [0.05, 0.1) is 6.20 Å². The van der Waals surface area contributed by atoms with Gasteiger partial charge in [0.1, 0.15) is 16.5 Å². The first-order valence-electron chi connectivity index (χ1n) is 7.07. The molecule has 1 aromatic rings. The van der Waals surface area contributed by atoms with Crippen LogP contribution in [0.15, 0.2) is 18.3 Å². The second-order valence-corrected chi connectivity index (χ2v) is 6.53. The zero-order valence-corrected chi connectivity index (χ0v) is 13.3. The van der Waals surface area contributed by atoms with Crippen molar-refractivity contribution in [1.82, 2.24) is 10.3 Å². The molecule has 1 N–H and O–H groups in total. The van der Waals surface area contributed by atoms with Crippen molar-refractivity contribution in [3.05, 3.63) is 23.5 Å². The zero-order chi connectivity index (χ0) is 15.5. The second kappa shape index (κ2) is 6.62. The van der Waals surface area contributed by atoms with Crippen molar-refractivity contribution in [2.75, 3.05) is 13.1 Å². The van der Waals surface area contributed by atoms with Crippen LogP contribution in [0.3, 0.4) is 0 Å². The van der Waals surface area contributed by atoms with Crippen LogP contribution in [0.1, 0.15) is 27.2 Å². The molecule has 1 fully saturated rings. The van der Waals surface area contributed by atoms with E-state index in [1.165, 1.54) is 6.20 Å². The summed E-state index contributed by atoms with van der Waals surface area (Å²) < 4.78 is 11.3. The van der Waals surface area contributed by atoms with Crippen LogP contribution in [0.2, 0.25) is 5.15 Å². The molecular formula is C15H21ClN2O3. The molecule has 0 bridgehead atoms. The van der Waals surface area contributed by atoms with E-state index in [4.69, 9.17) is 21.1 Å². The molecule has 2 rings (SSSR count). The van der Waals surface area contributed by atoms with Crippen LogP contribution < -0.4 is 10.1 Å². The van der Waals surface area contributed by atoms with E-state index in [-0.39, 0.29) is 11.9 Å². The summed E-state index contributed by atoms with van der Waals surface area (Å²) in [6, 6.07) is 3.34. The highest BCUT2D eigenvalue weighted by atomic mass is 35.5. The van der Waals surface area contributed by atoms with Gasteiger partial charge >= 0.3 is 5.97 Å². The molecule has 2 heterocycles. The Balaban J connectivity index is 2.11. The van der Waals surface area contributed by atoms with Crippen molar-refractivity contribution < 1.29 is 14.3 Å². The normalized spacial score (nSPS) is 20.1. The lowest BCUT2D eigenvalue weighted by atomic mass is 10.0. The lowest BCUT2D eigenvalue weighted by Gasteiger charge is -2.27. The molecule has 6 heteroatoms. The third-order valence-corrected chi connectivity index (χ3v) is 3.35. The van der Waals surface area contributed by atoms with Crippen LogP contribution in [0.4, 0.5) is 0 Å². The number of halogens is 1. The summed E-state index contributed by atoms with van der Waals surface area (Å²) in [5.74, 6) is 0.267. The summed E-state index contributed by atoms with van der Waals surface area (Å²) in [6.45, 7) is 7.16. The number of carbonyl (C=O) groups is 1. The average Bonchev–Trinajstić information content (AvgIpc) is 2.89. The summed E-state index contributed by atoms with van der Waals surface area (Å²) in [7, 11) is 0. The molecule has 0 saturated carbocycles. The van der Waals surface area contributed by atoms with Gasteiger partial charge < -0.3 is 14.8 Å². The summed E-state index contributed by atoms with van der Waals surface area (Å²) in [6.07, 6.45) is 1.76. The molecule has 2 unspecified atom stereocenters. The van der Waals surface area contributed by atoms with Crippen LogP contribution in [0.25, 0.3) is 0 Å². The van der Waals surface area contributed by atoms with Crippen molar-refractivity contribution in [1.29, 1.82) is 0 Å². The number of rotatable bonds is 4. The number of pyridine rings is 1. The molecular weight excluding hydrogens is 292 g/mol. The number of aromatic nitrogens is 1. The van der Waals surface area contributed by atoms with E-state index in [0.717, 1.165) is 19.5 Å². The number of esters is 1. The number of carbonyl (C=O) groups excluding carboxylic acids is 1. The predicted molar refractivity (Wildman–Crippen MR) is 80.5 cm³/mol. The molecule has 0 spiro atoms. The van der Waals surface area contributed by atoms with Crippen molar-refractivity contribution in [3.8, 4) is 5.75 Å². The topological polar surface area (TPSA) is 60.5 Å². The molecule has 2 atom stereocenters. The quantitative estimate of drug-likeness (QED) is 0.683. The largest absolute Gasteiger partial charge is 0.477 e. The van der Waals surface area contributed by atoms with Crippen LogP contribution in [0.5, 0.6) is 5.75 Å². The molecule has 116 valence electrons. The number of hydrogen-bond donors (Lipinski definition) is 1. The highest BCUT2D eigenvalue weighted by Gasteiger charge is 2.35. The minimum absolute atomic E-state index is 0.0931. The SMILES string of the molecule is CC(C)(C)OC(=O)C(Oc1ccc(Cl)nc1)C1CCNC1. The maximum absolute atomic E-state index is 12.4. The van der Waals surface area contributed by atoms with E-state index in [1.54, 1.807) is 12.1 Å². The Morgan fingerprint density at radius 3 is 2.76 bits per heavy atom. The van der Waals surface area contributed by atoms with E-state index >= 15 is 0 Å². The third kappa shape index (κ3) is 4.86. The third-order valence-electron chi connectivity index (χ3n) is 3.13. The molecule has 0 aliphatic carbocycles. The van der Waals surface area contributed by atoms with Gasteiger partial charge in [0.15, 0.2) is 6.10 Å². The molecule has 1 aromatic heterocycles. The summed E-state index contributed by atoms with van der Waals surface area (Å²) in [5, 5.41) is 3.63. The molecule has 1 aliphatic rings. The van der Waals surface area contributed by atoms with Crippen molar-refractivity contribution in [2.24, 2.45) is 5.92 Å². The molecule has 21 heavy (non-hydrogen) atoms. The van der Waals surface area contributed by atoms with E-state index in [2.05, 4.69) is 10.3 Å². The van der Waals surface area contributed by atoms with Crippen LogP contribution >= 0.6 is 11.6 Å². The maximum atomic E-state index is 12.4. The minimum atomic E-state index is -0.637. The Hall–Kier alpha value is -1.33. The van der Waals surface area contributed by atoms with Gasteiger partial charge in [-0.2, -0.15) is 0 Å². The van der Waals surface area contributed by atoms with Gasteiger partial charge in [-0.25, -0.2) is 9.78 Å². The molecule has 5 nitrogen and oxygen atoms in total. The second-order valence-electron chi connectivity index (χ2n) is 6.14. The van der Waals surface area contributed by atoms with Gasteiger partial charge in [-0.3, -0.25) is 0 Å². The Morgan fingerprint density at radius 2 is 2.24 bits per heavy atom. The smallest absolute Gasteiger partial charge is 0.348 e. The number of nitrogens with one attached hydrogen (secondary N) is 1. The Bertz CT molecular complexity index is 479. The van der Waals surface area contributed by atoms with E-state index in [0.29, 0.717) is 10.9 Å². The highest BCUT2D eigenvalue weighted by molar-refractivity contribution is 6.29. The Kier molecular flexibility index (Phi) is 5.06. The fourth-order valence-corrected chi connectivity index (χ4v) is 2.32. The summed E-state index contributed by atoms with van der Waals surface area (Å²) in [5.41, 5.74) is -0.539. The van der Waals surface area contributed by atoms with E-state index in [1.807, 2.05) is 20.8 Å². The first-order valence-corrected chi connectivity index (χ1v) is 7.45. The van der Waals surface area contributed by atoms with Crippen LogP contribution in [-0.4, -0.2) is 35.7 Å². The number of ether oxygens (including phenoxy) is 2. The zero-order valence-electron chi connectivity index (χ0n) is 12.6. The van der Waals surface area contributed by atoms with Crippen molar-refractivity contribution >= 4 is 17.6 Å². The van der Waals surface area contributed by atoms with Crippen LogP contribution in [0, 0.1) is 5.92 Å². The maximum Gasteiger partial charge on any atom is 0.348 e. The first-order chi connectivity index (χ1) is 9.85. The monoisotopic (exact) mass is 312 g/mol. The molecule has 1 saturated heterocycles. The predicted octanol–water partition coefficient (Wildman–Crippen LogP) is 2.43. The first kappa shape index (κ1) is 16.0. The van der Waals surface area contributed by atoms with Gasteiger partial charge in [-0.1, -0.05) is 11.6 Å². The van der Waals surface area contributed by atoms with E-state index < -0.39 is 11.7 Å². The lowest BCUT2D eigenvalue weighted by molar-refractivity contribution is -0.165. The summed E-state index contributed by atoms with van der Waals surface area (Å²) >= 11 is 5.76. The average molecular weight is 313 g/mol. The van der Waals surface area contributed by atoms with Gasteiger partial charge in [0.2, 0.25) is 0 Å². The number of nitrogens with zero attached hydrogens (tertiary/aromatic N) is 1. The summed E-state index contributed by atoms with van der Waals surface area (Å²) in [4.78, 5) is 16.4. The Morgan fingerprint density at radius 1 is 1.48 bits per heavy atom. The lowest BCUT2D eigenvalue weighted by Crippen LogP contribution is -2.41. The van der Waals surface area contributed by atoms with Crippen LogP contribution in [-0.2, 0) is 9.53 Å². The number of hydrogen-bond acceptors (Lipinski definition) is 5. The molecule has 1 aliphatic heterocycles. The molecule has 0 aromatic carbocycles. The fourth-order valence-electron chi connectivity index (χ4n) is 2.21. The Labute approximate surface area is 130 Å².